The van der Waals surface area contributed by atoms with Crippen molar-refractivity contribution < 1.29 is 0 Å². The van der Waals surface area contributed by atoms with Gasteiger partial charge in [0.25, 0.3) is 0 Å². The Kier molecular flexibility index (Phi) is 3.25. The van der Waals surface area contributed by atoms with Crippen molar-refractivity contribution in [3.8, 4) is 0 Å². The van der Waals surface area contributed by atoms with Gasteiger partial charge in [0, 0.05) is 25.3 Å². The van der Waals surface area contributed by atoms with Crippen LogP contribution in [0.3, 0.4) is 0 Å². The second-order valence-electron chi connectivity index (χ2n) is 5.30. The van der Waals surface area contributed by atoms with Gasteiger partial charge in [-0.05, 0) is 25.2 Å². The molecular weight excluding hydrogens is 172 g/mol. The fourth-order valence-corrected chi connectivity index (χ4v) is 2.05. The molecule has 1 fully saturated rings. The molecule has 14 heavy (non-hydrogen) atoms. The van der Waals surface area contributed by atoms with E-state index in [1.807, 2.05) is 0 Å². The van der Waals surface area contributed by atoms with Crippen molar-refractivity contribution in [2.24, 2.45) is 5.41 Å². The van der Waals surface area contributed by atoms with E-state index in [-0.39, 0.29) is 0 Å². The van der Waals surface area contributed by atoms with Gasteiger partial charge in [0.2, 0.25) is 0 Å². The molecule has 1 aliphatic heterocycles. The second kappa shape index (κ2) is 3.93. The minimum Gasteiger partial charge on any atom is -0.310 e. The predicted molar refractivity (Wildman–Crippen MR) is 61.8 cm³/mol. The molecule has 1 aliphatic rings. The van der Waals surface area contributed by atoms with Crippen LogP contribution in [0.1, 0.15) is 40.5 Å². The Morgan fingerprint density at radius 2 is 2.14 bits per heavy atom. The van der Waals surface area contributed by atoms with E-state index in [0.29, 0.717) is 11.5 Å². The van der Waals surface area contributed by atoms with E-state index in [4.69, 9.17) is 0 Å². The maximum absolute atomic E-state index is 4.15. The Morgan fingerprint density at radius 1 is 1.57 bits per heavy atom. The highest BCUT2D eigenvalue weighted by atomic mass is 15.6. The average Bonchev–Trinajstić information content (AvgIpc) is 2.37. The van der Waals surface area contributed by atoms with Crippen LogP contribution in [0, 0.1) is 5.41 Å². The van der Waals surface area contributed by atoms with Gasteiger partial charge in [-0.15, -0.1) is 0 Å². The zero-order valence-electron chi connectivity index (χ0n) is 10.3. The molecule has 0 saturated carbocycles. The Bertz CT molecular complexity index is 220. The largest absolute Gasteiger partial charge is 0.310 e. The first-order chi connectivity index (χ1) is 6.37. The summed E-state index contributed by atoms with van der Waals surface area (Å²) in [6.07, 6.45) is 2.30. The average molecular weight is 196 g/mol. The lowest BCUT2D eigenvalue weighted by atomic mass is 9.92. The van der Waals surface area contributed by atoms with Crippen LogP contribution < -0.4 is 0 Å². The predicted octanol–water partition coefficient (Wildman–Crippen LogP) is 2.88. The quantitative estimate of drug-likeness (QED) is 0.685. The van der Waals surface area contributed by atoms with Gasteiger partial charge in [0.15, 0.2) is 0 Å². The summed E-state index contributed by atoms with van der Waals surface area (Å²) < 4.78 is 0. The van der Waals surface area contributed by atoms with Crippen LogP contribution in [-0.2, 0) is 0 Å². The molecule has 2 nitrogen and oxygen atoms in total. The molecule has 0 spiro atoms. The highest BCUT2D eigenvalue weighted by molar-refractivity contribution is 5.05. The van der Waals surface area contributed by atoms with E-state index in [2.05, 4.69) is 51.3 Å². The minimum atomic E-state index is 0.388. The summed E-state index contributed by atoms with van der Waals surface area (Å²) in [5.74, 6) is 0. The van der Waals surface area contributed by atoms with Crippen LogP contribution in [0.4, 0.5) is 0 Å². The summed E-state index contributed by atoms with van der Waals surface area (Å²) in [5, 5.41) is 4.67. The van der Waals surface area contributed by atoms with Gasteiger partial charge in [-0.2, -0.15) is 0 Å². The van der Waals surface area contributed by atoms with Crippen LogP contribution in [0.2, 0.25) is 0 Å². The van der Waals surface area contributed by atoms with Crippen molar-refractivity contribution >= 4 is 0 Å². The van der Waals surface area contributed by atoms with Crippen molar-refractivity contribution in [3.63, 3.8) is 0 Å². The van der Waals surface area contributed by atoms with Gasteiger partial charge < -0.3 is 5.01 Å². The standard InChI is InChI=1S/C12H24N2/c1-7-10(2)13(6)14-9-12(4,5)8-11(14)3/h10H,3,7-9H2,1-2,4-6H3. The lowest BCUT2D eigenvalue weighted by molar-refractivity contribution is 0.00363. The number of rotatable bonds is 3. The van der Waals surface area contributed by atoms with Crippen LogP contribution in [-0.4, -0.2) is 29.7 Å². The molecule has 1 unspecified atom stereocenters. The lowest BCUT2D eigenvalue weighted by Gasteiger charge is -2.35. The Balaban J connectivity index is 2.66. The fraction of sp³-hybridized carbons (Fsp3) is 0.833. The Morgan fingerprint density at radius 3 is 2.50 bits per heavy atom. The zero-order valence-corrected chi connectivity index (χ0v) is 10.3. The van der Waals surface area contributed by atoms with Crippen molar-refractivity contribution in [3.05, 3.63) is 12.3 Å². The molecule has 0 aromatic carbocycles. The highest BCUT2D eigenvalue weighted by Crippen LogP contribution is 2.36. The first kappa shape index (κ1) is 11.6. The van der Waals surface area contributed by atoms with Gasteiger partial charge in [-0.25, -0.2) is 5.01 Å². The monoisotopic (exact) mass is 196 g/mol. The van der Waals surface area contributed by atoms with E-state index in [1.165, 1.54) is 12.1 Å². The highest BCUT2D eigenvalue weighted by Gasteiger charge is 2.34. The van der Waals surface area contributed by atoms with E-state index < -0.39 is 0 Å². The number of allylic oxidation sites excluding steroid dienone is 1. The van der Waals surface area contributed by atoms with Crippen molar-refractivity contribution in [1.82, 2.24) is 10.0 Å². The minimum absolute atomic E-state index is 0.388. The molecule has 1 saturated heterocycles. The number of hydrogen-bond donors (Lipinski definition) is 0. The van der Waals surface area contributed by atoms with E-state index in [1.54, 1.807) is 0 Å². The van der Waals surface area contributed by atoms with Gasteiger partial charge in [0.1, 0.15) is 0 Å². The maximum Gasteiger partial charge on any atom is 0.0398 e. The summed E-state index contributed by atoms with van der Waals surface area (Å²) in [6.45, 7) is 14.4. The molecule has 1 heterocycles. The lowest BCUT2D eigenvalue weighted by Crippen LogP contribution is -2.43. The molecule has 0 aliphatic carbocycles. The van der Waals surface area contributed by atoms with E-state index in [0.717, 1.165) is 13.0 Å². The summed E-state index contributed by atoms with van der Waals surface area (Å²) in [4.78, 5) is 0. The maximum atomic E-state index is 4.15. The van der Waals surface area contributed by atoms with Crippen LogP contribution >= 0.6 is 0 Å². The Hall–Kier alpha value is -0.500. The Labute approximate surface area is 88.5 Å². The van der Waals surface area contributed by atoms with Gasteiger partial charge >= 0.3 is 0 Å². The fourth-order valence-electron chi connectivity index (χ4n) is 2.05. The topological polar surface area (TPSA) is 6.48 Å². The molecule has 0 aromatic heterocycles. The van der Waals surface area contributed by atoms with E-state index in [9.17, 15) is 0 Å². The SMILES string of the molecule is C=C1CC(C)(C)CN1N(C)C(C)CC. The second-order valence-corrected chi connectivity index (χ2v) is 5.30. The van der Waals surface area contributed by atoms with Crippen LogP contribution in [0.15, 0.2) is 12.3 Å². The van der Waals surface area contributed by atoms with Crippen molar-refractivity contribution in [1.29, 1.82) is 0 Å². The summed E-state index contributed by atoms with van der Waals surface area (Å²) in [5.41, 5.74) is 1.65. The number of nitrogens with zero attached hydrogens (tertiary/aromatic N) is 2. The normalized spacial score (nSPS) is 23.3. The molecule has 1 atom stereocenters. The molecular formula is C12H24N2. The summed E-state index contributed by atoms with van der Waals surface area (Å²) >= 11 is 0. The first-order valence-corrected chi connectivity index (χ1v) is 5.55. The molecule has 0 aromatic rings. The third kappa shape index (κ3) is 2.30. The van der Waals surface area contributed by atoms with Crippen LogP contribution in [0.25, 0.3) is 0 Å². The van der Waals surface area contributed by atoms with Gasteiger partial charge in [0.05, 0.1) is 0 Å². The van der Waals surface area contributed by atoms with E-state index >= 15 is 0 Å². The van der Waals surface area contributed by atoms with Gasteiger partial charge in [-0.1, -0.05) is 27.4 Å². The molecule has 0 bridgehead atoms. The molecule has 2 heteroatoms. The first-order valence-electron chi connectivity index (χ1n) is 5.55. The zero-order chi connectivity index (χ0) is 10.9. The molecule has 82 valence electrons. The number of hydrazine groups is 1. The van der Waals surface area contributed by atoms with Crippen molar-refractivity contribution in [2.45, 2.75) is 46.6 Å². The third-order valence-corrected chi connectivity index (χ3v) is 3.23. The third-order valence-electron chi connectivity index (χ3n) is 3.23. The molecule has 0 N–H and O–H groups in total. The number of hydrogen-bond acceptors (Lipinski definition) is 2. The molecule has 1 rings (SSSR count). The van der Waals surface area contributed by atoms with Crippen molar-refractivity contribution in [2.75, 3.05) is 13.6 Å². The molecule has 0 amide bonds. The summed E-state index contributed by atoms with van der Waals surface area (Å²) in [7, 11) is 2.17. The molecule has 0 radical (unpaired) electrons. The van der Waals surface area contributed by atoms with Gasteiger partial charge in [-0.3, -0.25) is 0 Å². The van der Waals surface area contributed by atoms with Crippen LogP contribution in [0.5, 0.6) is 0 Å². The summed E-state index contributed by atoms with van der Waals surface area (Å²) in [6, 6.07) is 0.598. The smallest absolute Gasteiger partial charge is 0.0398 e.